The van der Waals surface area contributed by atoms with Gasteiger partial charge in [-0.1, -0.05) is 13.3 Å². The van der Waals surface area contributed by atoms with E-state index < -0.39 is 0 Å². The van der Waals surface area contributed by atoms with E-state index in [4.69, 9.17) is 4.74 Å². The predicted molar refractivity (Wildman–Crippen MR) is 74.3 cm³/mol. The first-order valence-electron chi connectivity index (χ1n) is 7.06. The Kier molecular flexibility index (Phi) is 4.71. The normalized spacial score (nSPS) is 20.9. The van der Waals surface area contributed by atoms with Crippen molar-refractivity contribution < 1.29 is 4.74 Å². The van der Waals surface area contributed by atoms with Crippen molar-refractivity contribution in [3.8, 4) is 0 Å². The van der Waals surface area contributed by atoms with Gasteiger partial charge in [0.15, 0.2) is 0 Å². The highest BCUT2D eigenvalue weighted by Crippen LogP contribution is 2.20. The average molecular weight is 265 g/mol. The zero-order valence-electron chi connectivity index (χ0n) is 12.0. The van der Waals surface area contributed by atoms with Crippen LogP contribution in [0.25, 0.3) is 0 Å². The minimum absolute atomic E-state index is 0.0845. The molecule has 0 amide bonds. The first-order chi connectivity index (χ1) is 9.10. The molecule has 1 atom stereocenters. The minimum Gasteiger partial charge on any atom is -0.368 e. The predicted octanol–water partition coefficient (Wildman–Crippen LogP) is 1.50. The van der Waals surface area contributed by atoms with E-state index in [9.17, 15) is 4.79 Å². The minimum atomic E-state index is -0.124. The molecule has 5 nitrogen and oxygen atoms in total. The first-order valence-corrected chi connectivity index (χ1v) is 7.06. The molecule has 0 aliphatic carbocycles. The van der Waals surface area contributed by atoms with Crippen molar-refractivity contribution in [1.82, 2.24) is 14.9 Å². The monoisotopic (exact) mass is 265 g/mol. The van der Waals surface area contributed by atoms with Crippen LogP contribution in [0.4, 0.5) is 0 Å². The van der Waals surface area contributed by atoms with Gasteiger partial charge in [-0.3, -0.25) is 9.69 Å². The van der Waals surface area contributed by atoms with Crippen molar-refractivity contribution >= 4 is 0 Å². The molecular weight excluding hydrogens is 242 g/mol. The SMILES string of the molecule is CCCc1cc(=O)[nH]c(C2CN(C(C)C)CCO2)n1. The summed E-state index contributed by atoms with van der Waals surface area (Å²) in [6, 6.07) is 2.06. The molecule has 0 radical (unpaired) electrons. The van der Waals surface area contributed by atoms with Crippen LogP contribution in [0.2, 0.25) is 0 Å². The quantitative estimate of drug-likeness (QED) is 0.896. The Morgan fingerprint density at radius 3 is 3.05 bits per heavy atom. The molecule has 2 heterocycles. The summed E-state index contributed by atoms with van der Waals surface area (Å²) in [6.07, 6.45) is 1.69. The lowest BCUT2D eigenvalue weighted by molar-refractivity contribution is -0.0444. The van der Waals surface area contributed by atoms with Gasteiger partial charge in [0.2, 0.25) is 0 Å². The largest absolute Gasteiger partial charge is 0.368 e. The molecule has 1 saturated heterocycles. The lowest BCUT2D eigenvalue weighted by Crippen LogP contribution is -2.43. The second-order valence-corrected chi connectivity index (χ2v) is 5.32. The van der Waals surface area contributed by atoms with Gasteiger partial charge in [0.25, 0.3) is 5.56 Å². The summed E-state index contributed by atoms with van der Waals surface area (Å²) in [7, 11) is 0. The zero-order valence-corrected chi connectivity index (χ0v) is 12.0. The fourth-order valence-corrected chi connectivity index (χ4v) is 2.37. The van der Waals surface area contributed by atoms with Crippen LogP contribution < -0.4 is 5.56 Å². The third-order valence-electron chi connectivity index (χ3n) is 3.45. The molecule has 1 N–H and O–H groups in total. The van der Waals surface area contributed by atoms with Crippen molar-refractivity contribution in [3.05, 3.63) is 27.9 Å². The van der Waals surface area contributed by atoms with Gasteiger partial charge in [0, 0.05) is 30.9 Å². The summed E-state index contributed by atoms with van der Waals surface area (Å²) >= 11 is 0. The Balaban J connectivity index is 2.18. The van der Waals surface area contributed by atoms with E-state index in [0.29, 0.717) is 18.5 Å². The lowest BCUT2D eigenvalue weighted by Gasteiger charge is -2.34. The molecule has 1 aromatic heterocycles. The molecule has 1 aromatic rings. The molecule has 1 aliphatic rings. The number of aromatic amines is 1. The number of aromatic nitrogens is 2. The van der Waals surface area contributed by atoms with E-state index in [1.165, 1.54) is 0 Å². The molecule has 1 aliphatic heterocycles. The maximum absolute atomic E-state index is 11.7. The third kappa shape index (κ3) is 3.64. The molecule has 0 spiro atoms. The number of nitrogens with one attached hydrogen (secondary N) is 1. The van der Waals surface area contributed by atoms with Crippen molar-refractivity contribution in [2.75, 3.05) is 19.7 Å². The summed E-state index contributed by atoms with van der Waals surface area (Å²) in [5, 5.41) is 0. The standard InChI is InChI=1S/C14H23N3O2/c1-4-5-11-8-13(18)16-14(15-11)12-9-17(10(2)3)6-7-19-12/h8,10,12H,4-7,9H2,1-3H3,(H,15,16,18). The van der Waals surface area contributed by atoms with Crippen LogP contribution in [0.1, 0.15) is 44.8 Å². The van der Waals surface area contributed by atoms with Crippen LogP contribution in [0.5, 0.6) is 0 Å². The van der Waals surface area contributed by atoms with E-state index in [-0.39, 0.29) is 11.7 Å². The van der Waals surface area contributed by atoms with Gasteiger partial charge >= 0.3 is 0 Å². The Hall–Kier alpha value is -1.20. The van der Waals surface area contributed by atoms with Crippen LogP contribution in [-0.2, 0) is 11.2 Å². The van der Waals surface area contributed by atoms with Gasteiger partial charge in [-0.15, -0.1) is 0 Å². The van der Waals surface area contributed by atoms with Gasteiger partial charge in [0.05, 0.1) is 6.61 Å². The summed E-state index contributed by atoms with van der Waals surface area (Å²) in [4.78, 5) is 21.4. The number of H-pyrrole nitrogens is 1. The number of aryl methyl sites for hydroxylation is 1. The van der Waals surface area contributed by atoms with Gasteiger partial charge in [0.1, 0.15) is 11.9 Å². The molecule has 5 heteroatoms. The van der Waals surface area contributed by atoms with Crippen LogP contribution in [0.15, 0.2) is 10.9 Å². The number of nitrogens with zero attached hydrogens (tertiary/aromatic N) is 2. The maximum Gasteiger partial charge on any atom is 0.251 e. The summed E-state index contributed by atoms with van der Waals surface area (Å²) in [5.41, 5.74) is 0.769. The molecule has 19 heavy (non-hydrogen) atoms. The third-order valence-corrected chi connectivity index (χ3v) is 3.45. The van der Waals surface area contributed by atoms with Gasteiger partial charge < -0.3 is 9.72 Å². The van der Waals surface area contributed by atoms with Gasteiger partial charge in [-0.25, -0.2) is 4.98 Å². The Labute approximate surface area is 114 Å². The van der Waals surface area contributed by atoms with Crippen molar-refractivity contribution in [3.63, 3.8) is 0 Å². The summed E-state index contributed by atoms with van der Waals surface area (Å²) in [5.74, 6) is 0.668. The van der Waals surface area contributed by atoms with E-state index in [2.05, 4.69) is 35.6 Å². The molecule has 0 bridgehead atoms. The average Bonchev–Trinajstić information content (AvgIpc) is 2.38. The summed E-state index contributed by atoms with van der Waals surface area (Å²) < 4.78 is 5.76. The Morgan fingerprint density at radius 2 is 2.37 bits per heavy atom. The van der Waals surface area contributed by atoms with Gasteiger partial charge in [-0.05, 0) is 20.3 Å². The number of hydrogen-bond donors (Lipinski definition) is 1. The van der Waals surface area contributed by atoms with Gasteiger partial charge in [-0.2, -0.15) is 0 Å². The van der Waals surface area contributed by atoms with Crippen molar-refractivity contribution in [2.45, 2.75) is 45.8 Å². The van der Waals surface area contributed by atoms with Crippen LogP contribution in [-0.4, -0.2) is 40.6 Å². The highest BCUT2D eigenvalue weighted by Gasteiger charge is 2.25. The molecule has 0 saturated carbocycles. The Bertz CT molecular complexity index is 470. The second kappa shape index (κ2) is 6.30. The van der Waals surface area contributed by atoms with Crippen LogP contribution in [0.3, 0.4) is 0 Å². The molecule has 1 unspecified atom stereocenters. The smallest absolute Gasteiger partial charge is 0.251 e. The molecule has 1 fully saturated rings. The maximum atomic E-state index is 11.7. The first kappa shape index (κ1) is 14.2. The van der Waals surface area contributed by atoms with Crippen LogP contribution >= 0.6 is 0 Å². The van der Waals surface area contributed by atoms with Crippen molar-refractivity contribution in [2.24, 2.45) is 0 Å². The zero-order chi connectivity index (χ0) is 13.8. The van der Waals surface area contributed by atoms with E-state index in [1.807, 2.05) is 0 Å². The van der Waals surface area contributed by atoms with E-state index in [0.717, 1.165) is 31.6 Å². The number of morpholine rings is 1. The van der Waals surface area contributed by atoms with E-state index >= 15 is 0 Å². The molecular formula is C14H23N3O2. The molecule has 0 aromatic carbocycles. The topological polar surface area (TPSA) is 58.2 Å². The lowest BCUT2D eigenvalue weighted by atomic mass is 10.2. The number of rotatable bonds is 4. The number of ether oxygens (including phenoxy) is 1. The fraction of sp³-hybridized carbons (Fsp3) is 0.714. The Morgan fingerprint density at radius 1 is 1.58 bits per heavy atom. The molecule has 2 rings (SSSR count). The number of hydrogen-bond acceptors (Lipinski definition) is 4. The highest BCUT2D eigenvalue weighted by atomic mass is 16.5. The fourth-order valence-electron chi connectivity index (χ4n) is 2.37. The molecule has 106 valence electrons. The summed E-state index contributed by atoms with van der Waals surface area (Å²) in [6.45, 7) is 8.84. The highest BCUT2D eigenvalue weighted by molar-refractivity contribution is 5.05. The second-order valence-electron chi connectivity index (χ2n) is 5.32. The van der Waals surface area contributed by atoms with Crippen molar-refractivity contribution in [1.29, 1.82) is 0 Å². The van der Waals surface area contributed by atoms with E-state index in [1.54, 1.807) is 6.07 Å². The van der Waals surface area contributed by atoms with Crippen LogP contribution in [0, 0.1) is 0 Å².